The summed E-state index contributed by atoms with van der Waals surface area (Å²) in [5.74, 6) is -3.32. The van der Waals surface area contributed by atoms with Gasteiger partial charge in [-0.25, -0.2) is 4.79 Å². The lowest BCUT2D eigenvalue weighted by Gasteiger charge is -2.29. The number of phosphoric acid groups is 1. The molecule has 1 aromatic heterocycles. The second-order valence-electron chi connectivity index (χ2n) is 17.9. The van der Waals surface area contributed by atoms with E-state index < -0.39 is 92.6 Å². The van der Waals surface area contributed by atoms with E-state index in [0.29, 0.717) is 23.6 Å². The lowest BCUT2D eigenvalue weighted by Crippen LogP contribution is -2.37. The van der Waals surface area contributed by atoms with E-state index in [-0.39, 0.29) is 32.3 Å². The van der Waals surface area contributed by atoms with Crippen molar-refractivity contribution in [1.82, 2.24) is 9.55 Å². The van der Waals surface area contributed by atoms with Crippen molar-refractivity contribution in [1.29, 1.82) is 0 Å². The molecule has 352 valence electrons. The number of ether oxygens (including phenoxy) is 4. The number of aromatic amines is 1. The zero-order valence-corrected chi connectivity index (χ0v) is 38.2. The number of nitrogens with one attached hydrogen (secondary N) is 1. The van der Waals surface area contributed by atoms with Gasteiger partial charge in [-0.2, -0.15) is 4.39 Å². The number of phosphoric ester groups is 1. The Balaban J connectivity index is 1.81. The van der Waals surface area contributed by atoms with Gasteiger partial charge in [0.1, 0.15) is 38.7 Å². The summed E-state index contributed by atoms with van der Waals surface area (Å²) in [7, 11) is 0.776. The highest BCUT2D eigenvalue weighted by atomic mass is 31.2. The summed E-state index contributed by atoms with van der Waals surface area (Å²) in [4.78, 5) is 76.2. The van der Waals surface area contributed by atoms with Crippen LogP contribution in [0.4, 0.5) is 4.39 Å². The van der Waals surface area contributed by atoms with Crippen molar-refractivity contribution in [3.05, 3.63) is 32.9 Å². The topological polar surface area (TPSA) is 222 Å². The molecule has 2 N–H and O–H groups in total. The number of halogens is 1. The fraction of sp³-hybridized carbons (Fsp3) is 0.833. The molecule has 17 nitrogen and oxygen atoms in total. The number of likely N-dealkylation sites (N-methyl/N-ethyl adjacent to an activating group) is 1. The molecule has 2 heterocycles. The minimum Gasteiger partial charge on any atom is -0.756 e. The normalized spacial score (nSPS) is 18.4. The molecule has 1 aliphatic heterocycles. The van der Waals surface area contributed by atoms with Crippen molar-refractivity contribution < 1.29 is 65.8 Å². The van der Waals surface area contributed by atoms with E-state index in [1.54, 1.807) is 13.8 Å². The molecule has 2 rings (SSSR count). The van der Waals surface area contributed by atoms with Crippen molar-refractivity contribution in [2.75, 3.05) is 54.1 Å². The third-order valence-corrected chi connectivity index (χ3v) is 11.2. The first kappa shape index (κ1) is 54.1. The average Bonchev–Trinajstić information content (AvgIpc) is 3.53. The standard InChI is InChI=1S/C42H73FN3O14P/c1-7-8-9-10-11-12-13-14-15-16-17-18-19-20-21-22-37(48)55-29-32(30-58-61(53,54)57-24-23-46(4,5)6)59-39(50)27-42(2,3)26-38(49)56-31-35-34(47)25-36(60-35)45-28-33(43)40(51)44-41(45)52/h28,32,34-36,47H,7-27,29-31H2,1-6H3,(H-,44,51,52,53,54)/t32?,34-,35+,36+/m1/s1. The van der Waals surface area contributed by atoms with E-state index in [2.05, 4.69) is 6.92 Å². The molecular weight excluding hydrogens is 820 g/mol. The van der Waals surface area contributed by atoms with Crippen LogP contribution in [0.2, 0.25) is 0 Å². The lowest BCUT2D eigenvalue weighted by molar-refractivity contribution is -0.870. The number of aromatic nitrogens is 2. The minimum absolute atomic E-state index is 0.144. The molecule has 5 atom stereocenters. The summed E-state index contributed by atoms with van der Waals surface area (Å²) >= 11 is 0. The van der Waals surface area contributed by atoms with Gasteiger partial charge in [0.15, 0.2) is 6.10 Å². The molecule has 1 saturated heterocycles. The number of aliphatic hydroxyl groups is 1. The lowest BCUT2D eigenvalue weighted by atomic mass is 9.86. The van der Waals surface area contributed by atoms with Gasteiger partial charge in [0, 0.05) is 12.8 Å². The number of carbonyl (C=O) groups is 3. The van der Waals surface area contributed by atoms with Crippen LogP contribution in [0.25, 0.3) is 0 Å². The molecule has 19 heteroatoms. The number of hydrogen-bond acceptors (Lipinski definition) is 14. The van der Waals surface area contributed by atoms with Crippen LogP contribution in [0.1, 0.15) is 149 Å². The SMILES string of the molecule is CCCCCCCCCCCCCCCCCC(=O)OCC(COP(=O)([O-])OCC[N+](C)(C)C)OC(=O)CC(C)(C)CC(=O)OC[C@@H]1O[C@H](n2cc(F)c(=O)[nH]c2=O)C[C@H]1O. The van der Waals surface area contributed by atoms with E-state index in [9.17, 15) is 42.9 Å². The maximum absolute atomic E-state index is 13.8. The summed E-state index contributed by atoms with van der Waals surface area (Å²) in [6.07, 6.45) is 13.2. The fourth-order valence-electron chi connectivity index (χ4n) is 6.66. The van der Waals surface area contributed by atoms with Gasteiger partial charge in [-0.3, -0.25) is 33.3 Å². The second-order valence-corrected chi connectivity index (χ2v) is 19.3. The molecule has 1 aliphatic rings. The highest BCUT2D eigenvalue weighted by molar-refractivity contribution is 7.45. The molecule has 0 bridgehead atoms. The largest absolute Gasteiger partial charge is 0.756 e. The number of hydrogen-bond donors (Lipinski definition) is 2. The van der Waals surface area contributed by atoms with Crippen LogP contribution < -0.4 is 16.1 Å². The van der Waals surface area contributed by atoms with Crippen LogP contribution >= 0.6 is 7.82 Å². The maximum atomic E-state index is 13.8. The van der Waals surface area contributed by atoms with Crippen LogP contribution in [-0.4, -0.2) is 109 Å². The molecule has 1 aromatic rings. The van der Waals surface area contributed by atoms with Crippen molar-refractivity contribution in [2.45, 2.75) is 167 Å². The molecular formula is C42H73FN3O14P. The van der Waals surface area contributed by atoms with Gasteiger partial charge in [0.05, 0.1) is 52.9 Å². The van der Waals surface area contributed by atoms with Crippen LogP contribution in [0.5, 0.6) is 0 Å². The number of esters is 3. The first-order chi connectivity index (χ1) is 28.7. The number of unbranched alkanes of at least 4 members (excludes halogenated alkanes) is 14. The first-order valence-electron chi connectivity index (χ1n) is 22.0. The van der Waals surface area contributed by atoms with Gasteiger partial charge in [0.25, 0.3) is 13.4 Å². The van der Waals surface area contributed by atoms with Crippen molar-refractivity contribution in [2.24, 2.45) is 5.41 Å². The maximum Gasteiger partial charge on any atom is 0.330 e. The van der Waals surface area contributed by atoms with E-state index >= 15 is 0 Å². The molecule has 0 saturated carbocycles. The number of H-pyrrole nitrogens is 1. The summed E-state index contributed by atoms with van der Waals surface area (Å²) in [5, 5.41) is 10.4. The average molecular weight is 894 g/mol. The zero-order chi connectivity index (χ0) is 45.5. The Labute approximate surface area is 360 Å². The number of nitrogens with zero attached hydrogens (tertiary/aromatic N) is 2. The number of rotatable bonds is 33. The Morgan fingerprint density at radius 1 is 0.902 bits per heavy atom. The van der Waals surface area contributed by atoms with Gasteiger partial charge >= 0.3 is 23.6 Å². The number of carbonyl (C=O) groups excluding carboxylic acids is 3. The molecule has 0 spiro atoms. The number of aliphatic hydroxyl groups excluding tert-OH is 1. The van der Waals surface area contributed by atoms with Crippen LogP contribution in [0.15, 0.2) is 15.8 Å². The summed E-state index contributed by atoms with van der Waals surface area (Å²) in [6, 6.07) is 0. The minimum atomic E-state index is -4.81. The van der Waals surface area contributed by atoms with Gasteiger partial charge in [0.2, 0.25) is 5.82 Å². The summed E-state index contributed by atoms with van der Waals surface area (Å²) < 4.78 is 59.2. The predicted octanol–water partition coefficient (Wildman–Crippen LogP) is 5.60. The van der Waals surface area contributed by atoms with Crippen molar-refractivity contribution in [3.63, 3.8) is 0 Å². The Morgan fingerprint density at radius 2 is 1.46 bits per heavy atom. The van der Waals surface area contributed by atoms with Crippen molar-refractivity contribution in [3.8, 4) is 0 Å². The fourth-order valence-corrected chi connectivity index (χ4v) is 7.39. The molecule has 0 amide bonds. The van der Waals surface area contributed by atoms with E-state index in [1.165, 1.54) is 70.6 Å². The van der Waals surface area contributed by atoms with Gasteiger partial charge in [-0.05, 0) is 11.8 Å². The summed E-state index contributed by atoms with van der Waals surface area (Å²) in [5.41, 5.74) is -3.18. The molecule has 0 radical (unpaired) electrons. The summed E-state index contributed by atoms with van der Waals surface area (Å²) in [6.45, 7) is 4.09. The Kier molecular flexibility index (Phi) is 24.8. The van der Waals surface area contributed by atoms with Gasteiger partial charge in [-0.15, -0.1) is 0 Å². The quantitative estimate of drug-likeness (QED) is 0.0289. The van der Waals surface area contributed by atoms with Crippen LogP contribution in [0, 0.1) is 11.2 Å². The van der Waals surface area contributed by atoms with Gasteiger partial charge < -0.3 is 42.5 Å². The Morgan fingerprint density at radius 3 is 2.03 bits per heavy atom. The number of quaternary nitrogens is 1. The van der Waals surface area contributed by atoms with Gasteiger partial charge in [-0.1, -0.05) is 111 Å². The van der Waals surface area contributed by atoms with E-state index in [0.717, 1.165) is 23.8 Å². The Bertz CT molecular complexity index is 1630. The molecule has 0 aromatic carbocycles. The van der Waals surface area contributed by atoms with Crippen LogP contribution in [-0.2, 0) is 46.9 Å². The predicted molar refractivity (Wildman–Crippen MR) is 223 cm³/mol. The van der Waals surface area contributed by atoms with E-state index in [4.69, 9.17) is 28.0 Å². The zero-order valence-electron chi connectivity index (χ0n) is 37.3. The molecule has 1 fully saturated rings. The Hall–Kier alpha value is -2.99. The third kappa shape index (κ3) is 24.4. The highest BCUT2D eigenvalue weighted by Crippen LogP contribution is 2.38. The third-order valence-electron chi connectivity index (χ3n) is 10.2. The second kappa shape index (κ2) is 27.9. The highest BCUT2D eigenvalue weighted by Gasteiger charge is 2.37. The first-order valence-corrected chi connectivity index (χ1v) is 23.4. The molecule has 61 heavy (non-hydrogen) atoms. The smallest absolute Gasteiger partial charge is 0.330 e. The van der Waals surface area contributed by atoms with Crippen LogP contribution in [0.3, 0.4) is 0 Å². The molecule has 0 aliphatic carbocycles. The molecule has 2 unspecified atom stereocenters. The van der Waals surface area contributed by atoms with E-state index in [1.807, 2.05) is 26.1 Å². The monoisotopic (exact) mass is 893 g/mol. The van der Waals surface area contributed by atoms with Crippen molar-refractivity contribution >= 4 is 25.7 Å².